The maximum atomic E-state index is 12.3. The predicted octanol–water partition coefficient (Wildman–Crippen LogP) is 3.23. The third-order valence-electron chi connectivity index (χ3n) is 4.20. The van der Waals surface area contributed by atoms with Crippen molar-refractivity contribution in [3.05, 3.63) is 51.2 Å². The monoisotopic (exact) mass is 369 g/mol. The van der Waals surface area contributed by atoms with Crippen LogP contribution in [0.1, 0.15) is 38.2 Å². The van der Waals surface area contributed by atoms with E-state index in [1.54, 1.807) is 16.0 Å². The Morgan fingerprint density at radius 1 is 1.15 bits per heavy atom. The zero-order valence-corrected chi connectivity index (χ0v) is 16.4. The van der Waals surface area contributed by atoms with Crippen molar-refractivity contribution in [2.45, 2.75) is 33.6 Å². The van der Waals surface area contributed by atoms with Gasteiger partial charge < -0.3 is 5.32 Å². The highest BCUT2D eigenvalue weighted by molar-refractivity contribution is 7.11. The maximum Gasteiger partial charge on any atom is 0.251 e. The van der Waals surface area contributed by atoms with Crippen LogP contribution >= 0.6 is 11.3 Å². The first-order valence-electron chi connectivity index (χ1n) is 8.63. The summed E-state index contributed by atoms with van der Waals surface area (Å²) in [6, 6.07) is 7.45. The molecule has 3 aromatic rings. The predicted molar refractivity (Wildman–Crippen MR) is 103 cm³/mol. The van der Waals surface area contributed by atoms with E-state index in [1.807, 2.05) is 45.2 Å². The van der Waals surface area contributed by atoms with Crippen molar-refractivity contribution in [1.29, 1.82) is 0 Å². The third kappa shape index (κ3) is 4.16. The molecule has 6 nitrogen and oxygen atoms in total. The third-order valence-corrected chi connectivity index (χ3v) is 5.33. The molecule has 0 spiro atoms. The summed E-state index contributed by atoms with van der Waals surface area (Å²) in [5.41, 5.74) is 2.69. The van der Waals surface area contributed by atoms with Gasteiger partial charge in [-0.15, -0.1) is 11.3 Å². The number of carbonyl (C=O) groups excluding carboxylic acids is 1. The summed E-state index contributed by atoms with van der Waals surface area (Å²) in [5, 5.41) is 8.36. The average molecular weight is 369 g/mol. The Labute approximate surface area is 157 Å². The van der Waals surface area contributed by atoms with Crippen LogP contribution < -0.4 is 5.32 Å². The van der Waals surface area contributed by atoms with Gasteiger partial charge in [0.15, 0.2) is 5.82 Å². The smallest absolute Gasteiger partial charge is 0.251 e. The van der Waals surface area contributed by atoms with Crippen molar-refractivity contribution >= 4 is 17.2 Å². The molecule has 0 fully saturated rings. The zero-order valence-electron chi connectivity index (χ0n) is 15.5. The molecule has 26 heavy (non-hydrogen) atoms. The van der Waals surface area contributed by atoms with Gasteiger partial charge in [0.25, 0.3) is 5.91 Å². The lowest BCUT2D eigenvalue weighted by Gasteiger charge is -2.06. The zero-order chi connectivity index (χ0) is 18.7. The number of hydrogen-bond acceptors (Lipinski definition) is 5. The van der Waals surface area contributed by atoms with Crippen LogP contribution in [0.4, 0.5) is 0 Å². The second kappa shape index (κ2) is 7.78. The van der Waals surface area contributed by atoms with E-state index in [0.29, 0.717) is 12.1 Å². The normalized spacial score (nSPS) is 10.9. The fourth-order valence-electron chi connectivity index (χ4n) is 2.72. The molecule has 3 rings (SSSR count). The molecule has 0 aliphatic carbocycles. The standard InChI is InChI=1S/C19H23N5OS/c1-12-13(2)26-17(21-12)6-5-11-20-19(25)16-9-7-15(8-10-16)18-22-14(3)23-24(18)4/h7-10H,5-6,11H2,1-4H3,(H,20,25). The minimum absolute atomic E-state index is 0.0582. The van der Waals surface area contributed by atoms with Crippen molar-refractivity contribution in [2.24, 2.45) is 7.05 Å². The van der Waals surface area contributed by atoms with Crippen LogP contribution in [0.15, 0.2) is 24.3 Å². The van der Waals surface area contributed by atoms with Crippen molar-refractivity contribution in [3.8, 4) is 11.4 Å². The van der Waals surface area contributed by atoms with Crippen LogP contribution in [-0.2, 0) is 13.5 Å². The van der Waals surface area contributed by atoms with E-state index in [-0.39, 0.29) is 5.91 Å². The quantitative estimate of drug-likeness (QED) is 0.677. The van der Waals surface area contributed by atoms with Crippen LogP contribution in [0, 0.1) is 20.8 Å². The summed E-state index contributed by atoms with van der Waals surface area (Å²) in [7, 11) is 1.86. The van der Waals surface area contributed by atoms with Crippen molar-refractivity contribution in [2.75, 3.05) is 6.54 Å². The SMILES string of the molecule is Cc1nc(-c2ccc(C(=O)NCCCc3nc(C)c(C)s3)cc2)n(C)n1. The van der Waals surface area contributed by atoms with E-state index in [4.69, 9.17) is 0 Å². The average Bonchev–Trinajstić information content (AvgIpc) is 3.12. The van der Waals surface area contributed by atoms with Gasteiger partial charge in [-0.2, -0.15) is 5.10 Å². The number of nitrogens with one attached hydrogen (secondary N) is 1. The molecular weight excluding hydrogens is 346 g/mol. The van der Waals surface area contributed by atoms with Crippen LogP contribution in [0.3, 0.4) is 0 Å². The number of thiazole rings is 1. The van der Waals surface area contributed by atoms with Crippen molar-refractivity contribution in [1.82, 2.24) is 25.1 Å². The summed E-state index contributed by atoms with van der Waals surface area (Å²) in [4.78, 5) is 22.5. The van der Waals surface area contributed by atoms with Gasteiger partial charge in [-0.25, -0.2) is 14.6 Å². The summed E-state index contributed by atoms with van der Waals surface area (Å²) >= 11 is 1.74. The summed E-state index contributed by atoms with van der Waals surface area (Å²) in [6.45, 7) is 6.62. The fraction of sp³-hybridized carbons (Fsp3) is 0.368. The highest BCUT2D eigenvalue weighted by Crippen LogP contribution is 2.18. The largest absolute Gasteiger partial charge is 0.352 e. The van der Waals surface area contributed by atoms with Crippen LogP contribution in [0.2, 0.25) is 0 Å². The van der Waals surface area contributed by atoms with E-state index >= 15 is 0 Å². The van der Waals surface area contributed by atoms with Gasteiger partial charge in [0, 0.05) is 36.0 Å². The molecule has 2 heterocycles. The van der Waals surface area contributed by atoms with Crippen LogP contribution in [-0.4, -0.2) is 32.2 Å². The van der Waals surface area contributed by atoms with Gasteiger partial charge in [-0.3, -0.25) is 4.79 Å². The number of aryl methyl sites for hydroxylation is 5. The molecule has 0 saturated heterocycles. The molecule has 1 amide bonds. The number of nitrogens with zero attached hydrogens (tertiary/aromatic N) is 4. The number of amides is 1. The Hall–Kier alpha value is -2.54. The van der Waals surface area contributed by atoms with Gasteiger partial charge in [0.1, 0.15) is 5.82 Å². The minimum Gasteiger partial charge on any atom is -0.352 e. The lowest BCUT2D eigenvalue weighted by molar-refractivity contribution is 0.0953. The molecule has 7 heteroatoms. The number of carbonyl (C=O) groups is 1. The Kier molecular flexibility index (Phi) is 5.46. The topological polar surface area (TPSA) is 72.7 Å². The maximum absolute atomic E-state index is 12.3. The molecule has 0 saturated carbocycles. The van der Waals surface area contributed by atoms with Crippen molar-refractivity contribution in [3.63, 3.8) is 0 Å². The molecule has 0 atom stereocenters. The van der Waals surface area contributed by atoms with E-state index in [0.717, 1.165) is 40.8 Å². The number of benzene rings is 1. The molecule has 0 aliphatic rings. The molecular formula is C19H23N5OS. The van der Waals surface area contributed by atoms with E-state index in [9.17, 15) is 4.79 Å². The van der Waals surface area contributed by atoms with Crippen LogP contribution in [0.25, 0.3) is 11.4 Å². The van der Waals surface area contributed by atoms with Gasteiger partial charge in [0.05, 0.1) is 10.7 Å². The van der Waals surface area contributed by atoms with Gasteiger partial charge in [-0.05, 0) is 39.3 Å². The number of hydrogen-bond donors (Lipinski definition) is 1. The van der Waals surface area contributed by atoms with Crippen LogP contribution in [0.5, 0.6) is 0 Å². The first-order chi connectivity index (χ1) is 12.4. The molecule has 0 aliphatic heterocycles. The highest BCUT2D eigenvalue weighted by atomic mass is 32.1. The van der Waals surface area contributed by atoms with Gasteiger partial charge >= 0.3 is 0 Å². The molecule has 1 N–H and O–H groups in total. The van der Waals surface area contributed by atoms with Crippen molar-refractivity contribution < 1.29 is 4.79 Å². The Morgan fingerprint density at radius 2 is 1.88 bits per heavy atom. The number of aromatic nitrogens is 4. The van der Waals surface area contributed by atoms with Gasteiger partial charge in [-0.1, -0.05) is 12.1 Å². The lowest BCUT2D eigenvalue weighted by atomic mass is 10.1. The second-order valence-electron chi connectivity index (χ2n) is 6.29. The molecule has 0 bridgehead atoms. The van der Waals surface area contributed by atoms with E-state index in [2.05, 4.69) is 27.3 Å². The number of rotatable bonds is 6. The molecule has 136 valence electrons. The Bertz CT molecular complexity index is 891. The molecule has 0 unspecified atom stereocenters. The Balaban J connectivity index is 1.52. The summed E-state index contributed by atoms with van der Waals surface area (Å²) < 4.78 is 1.74. The summed E-state index contributed by atoms with van der Waals surface area (Å²) in [5.74, 6) is 1.47. The highest BCUT2D eigenvalue weighted by Gasteiger charge is 2.10. The summed E-state index contributed by atoms with van der Waals surface area (Å²) in [6.07, 6.45) is 1.78. The first-order valence-corrected chi connectivity index (χ1v) is 9.45. The first kappa shape index (κ1) is 18.3. The lowest BCUT2D eigenvalue weighted by Crippen LogP contribution is -2.24. The van der Waals surface area contributed by atoms with Gasteiger partial charge in [0.2, 0.25) is 0 Å². The molecule has 0 radical (unpaired) electrons. The fourth-order valence-corrected chi connectivity index (χ4v) is 3.70. The molecule has 2 aromatic heterocycles. The van der Waals surface area contributed by atoms with E-state index < -0.39 is 0 Å². The Morgan fingerprint density at radius 3 is 2.46 bits per heavy atom. The van der Waals surface area contributed by atoms with E-state index in [1.165, 1.54) is 4.88 Å². The molecule has 1 aromatic carbocycles. The second-order valence-corrected chi connectivity index (χ2v) is 7.58. The minimum atomic E-state index is -0.0582.